The number of hydrogen-bond donors (Lipinski definition) is 0. The Balaban J connectivity index is 2.55. The lowest BCUT2D eigenvalue weighted by Gasteiger charge is -2.26. The Morgan fingerprint density at radius 1 is 1.70 bits per heavy atom. The van der Waals surface area contributed by atoms with Gasteiger partial charge < -0.3 is 0 Å². The molecule has 0 aliphatic carbocycles. The summed E-state index contributed by atoms with van der Waals surface area (Å²) in [6.07, 6.45) is 5.10. The third-order valence-corrected chi connectivity index (χ3v) is 1.86. The molecule has 0 N–H and O–H groups in total. The van der Waals surface area contributed by atoms with Crippen molar-refractivity contribution >= 4 is 0 Å². The summed E-state index contributed by atoms with van der Waals surface area (Å²) in [5, 5.41) is 8.67. The maximum atomic E-state index is 8.67. The van der Waals surface area contributed by atoms with E-state index in [-0.39, 0.29) is 6.04 Å². The summed E-state index contributed by atoms with van der Waals surface area (Å²) in [5.41, 5.74) is 0. The Kier molecular flexibility index (Phi) is 2.47. The minimum Gasteiger partial charge on any atom is -0.284 e. The van der Waals surface area contributed by atoms with Gasteiger partial charge in [-0.1, -0.05) is 19.1 Å². The van der Waals surface area contributed by atoms with E-state index >= 15 is 0 Å². The first-order valence-electron chi connectivity index (χ1n) is 3.67. The lowest BCUT2D eigenvalue weighted by Crippen LogP contribution is -2.35. The molecule has 0 aromatic rings. The molecule has 0 saturated carbocycles. The third-order valence-electron chi connectivity index (χ3n) is 1.86. The molecule has 1 heterocycles. The summed E-state index contributed by atoms with van der Waals surface area (Å²) < 4.78 is 0. The molecule has 0 unspecified atom stereocenters. The topological polar surface area (TPSA) is 27.0 Å². The zero-order valence-corrected chi connectivity index (χ0v) is 6.25. The molecule has 0 amide bonds. The van der Waals surface area contributed by atoms with E-state index in [1.165, 1.54) is 0 Å². The van der Waals surface area contributed by atoms with Crippen molar-refractivity contribution < 1.29 is 0 Å². The fourth-order valence-corrected chi connectivity index (χ4v) is 1.20. The van der Waals surface area contributed by atoms with Crippen LogP contribution in [0.1, 0.15) is 13.3 Å². The van der Waals surface area contributed by atoms with Crippen LogP contribution < -0.4 is 0 Å². The van der Waals surface area contributed by atoms with Crippen LogP contribution in [-0.4, -0.2) is 24.0 Å². The Hall–Kier alpha value is -0.810. The van der Waals surface area contributed by atoms with E-state index in [1.807, 2.05) is 0 Å². The molecular formula is C8H12N2. The van der Waals surface area contributed by atoms with Gasteiger partial charge in [0.15, 0.2) is 0 Å². The molecule has 2 heteroatoms. The molecule has 0 saturated heterocycles. The molecule has 1 aliphatic heterocycles. The van der Waals surface area contributed by atoms with Crippen molar-refractivity contribution in [3.8, 4) is 6.07 Å². The van der Waals surface area contributed by atoms with Gasteiger partial charge in [0.25, 0.3) is 0 Å². The van der Waals surface area contributed by atoms with E-state index < -0.39 is 0 Å². The van der Waals surface area contributed by atoms with Crippen LogP contribution >= 0.6 is 0 Å². The van der Waals surface area contributed by atoms with Crippen molar-refractivity contribution in [2.75, 3.05) is 13.1 Å². The van der Waals surface area contributed by atoms with Gasteiger partial charge >= 0.3 is 0 Å². The third kappa shape index (κ3) is 1.37. The zero-order valence-electron chi connectivity index (χ0n) is 6.25. The van der Waals surface area contributed by atoms with E-state index in [4.69, 9.17) is 5.26 Å². The Bertz CT molecular complexity index is 167. The van der Waals surface area contributed by atoms with Crippen LogP contribution in [0.25, 0.3) is 0 Å². The quantitative estimate of drug-likeness (QED) is 0.506. The van der Waals surface area contributed by atoms with Crippen LogP contribution in [0.15, 0.2) is 12.2 Å². The minimum absolute atomic E-state index is 0.120. The second-order valence-electron chi connectivity index (χ2n) is 2.44. The van der Waals surface area contributed by atoms with Crippen LogP contribution in [0.3, 0.4) is 0 Å². The molecule has 0 aromatic carbocycles. The summed E-state index contributed by atoms with van der Waals surface area (Å²) in [6.45, 7) is 4.00. The monoisotopic (exact) mass is 136 g/mol. The van der Waals surface area contributed by atoms with Crippen LogP contribution in [0.5, 0.6) is 0 Å². The van der Waals surface area contributed by atoms with Crippen molar-refractivity contribution in [1.29, 1.82) is 5.26 Å². The van der Waals surface area contributed by atoms with E-state index in [0.29, 0.717) is 0 Å². The maximum Gasteiger partial charge on any atom is 0.101 e. The highest BCUT2D eigenvalue weighted by Crippen LogP contribution is 2.08. The van der Waals surface area contributed by atoms with Crippen LogP contribution in [0, 0.1) is 11.3 Å². The van der Waals surface area contributed by atoms with Crippen LogP contribution in [0.4, 0.5) is 0 Å². The second-order valence-corrected chi connectivity index (χ2v) is 2.44. The second kappa shape index (κ2) is 3.38. The van der Waals surface area contributed by atoms with Crippen molar-refractivity contribution in [2.45, 2.75) is 19.4 Å². The largest absolute Gasteiger partial charge is 0.284 e. The first-order chi connectivity index (χ1) is 4.88. The van der Waals surface area contributed by atoms with Gasteiger partial charge in [-0.05, 0) is 13.0 Å². The number of likely N-dealkylation sites (N-methyl/N-ethyl adjacent to an activating group) is 1. The Morgan fingerprint density at radius 3 is 3.00 bits per heavy atom. The van der Waals surface area contributed by atoms with Gasteiger partial charge in [-0.15, -0.1) is 0 Å². The van der Waals surface area contributed by atoms with Gasteiger partial charge in [0.05, 0.1) is 6.07 Å². The van der Waals surface area contributed by atoms with Gasteiger partial charge in [0, 0.05) is 6.54 Å². The molecule has 0 radical (unpaired) electrons. The maximum absolute atomic E-state index is 8.67. The van der Waals surface area contributed by atoms with Crippen LogP contribution in [0.2, 0.25) is 0 Å². The molecule has 1 rings (SSSR count). The number of nitriles is 1. The molecule has 54 valence electrons. The summed E-state index contributed by atoms with van der Waals surface area (Å²) in [7, 11) is 0. The van der Waals surface area contributed by atoms with Crippen molar-refractivity contribution in [2.24, 2.45) is 0 Å². The molecular weight excluding hydrogens is 124 g/mol. The molecule has 1 aliphatic rings. The van der Waals surface area contributed by atoms with Crippen molar-refractivity contribution in [3.05, 3.63) is 12.2 Å². The molecule has 2 nitrogen and oxygen atoms in total. The molecule has 0 aromatic heterocycles. The van der Waals surface area contributed by atoms with Crippen molar-refractivity contribution in [3.63, 3.8) is 0 Å². The summed E-state index contributed by atoms with van der Waals surface area (Å²) in [5.74, 6) is 0. The van der Waals surface area contributed by atoms with Gasteiger partial charge in [0.2, 0.25) is 0 Å². The number of rotatable bonds is 1. The predicted octanol–water partition coefficient (Wildman–Crippen LogP) is 1.16. The van der Waals surface area contributed by atoms with E-state index in [2.05, 4.69) is 30.0 Å². The van der Waals surface area contributed by atoms with Crippen molar-refractivity contribution in [1.82, 2.24) is 4.90 Å². The summed E-state index contributed by atoms with van der Waals surface area (Å²) >= 11 is 0. The summed E-state index contributed by atoms with van der Waals surface area (Å²) in [6, 6.07) is 2.40. The smallest absolute Gasteiger partial charge is 0.101 e. The first kappa shape index (κ1) is 7.30. The minimum atomic E-state index is 0.120. The highest BCUT2D eigenvalue weighted by molar-refractivity contribution is 5.04. The Labute approximate surface area is 61.8 Å². The lowest BCUT2D eigenvalue weighted by molar-refractivity contribution is 0.263. The fraction of sp³-hybridized carbons (Fsp3) is 0.625. The highest BCUT2D eigenvalue weighted by atomic mass is 15.1. The fourth-order valence-electron chi connectivity index (χ4n) is 1.20. The SMILES string of the molecule is CCN1CC=CC[C@H]1C#N. The van der Waals surface area contributed by atoms with Gasteiger partial charge in [0.1, 0.15) is 6.04 Å². The number of hydrogen-bond acceptors (Lipinski definition) is 2. The van der Waals surface area contributed by atoms with E-state index in [9.17, 15) is 0 Å². The Morgan fingerprint density at radius 2 is 2.50 bits per heavy atom. The van der Waals surface area contributed by atoms with Gasteiger partial charge in [-0.3, -0.25) is 4.90 Å². The average molecular weight is 136 g/mol. The predicted molar refractivity (Wildman–Crippen MR) is 40.4 cm³/mol. The average Bonchev–Trinajstić information content (AvgIpc) is 2.04. The van der Waals surface area contributed by atoms with Crippen LogP contribution in [-0.2, 0) is 0 Å². The van der Waals surface area contributed by atoms with Gasteiger partial charge in [-0.25, -0.2) is 0 Å². The van der Waals surface area contributed by atoms with Gasteiger partial charge in [-0.2, -0.15) is 5.26 Å². The van der Waals surface area contributed by atoms with E-state index in [0.717, 1.165) is 19.5 Å². The number of nitrogens with zero attached hydrogens (tertiary/aromatic N) is 2. The molecule has 0 spiro atoms. The zero-order chi connectivity index (χ0) is 7.40. The van der Waals surface area contributed by atoms with E-state index in [1.54, 1.807) is 0 Å². The standard InChI is InChI=1S/C8H12N2/c1-2-10-6-4-3-5-8(10)7-9/h3-4,8H,2,5-6H2,1H3/t8-/m0/s1. The highest BCUT2D eigenvalue weighted by Gasteiger charge is 2.15. The lowest BCUT2D eigenvalue weighted by atomic mass is 10.1. The molecule has 10 heavy (non-hydrogen) atoms. The normalized spacial score (nSPS) is 26.2. The molecule has 0 bridgehead atoms. The summed E-state index contributed by atoms with van der Waals surface area (Å²) in [4.78, 5) is 2.17. The molecule has 1 atom stereocenters. The molecule has 0 fully saturated rings. The first-order valence-corrected chi connectivity index (χ1v) is 3.67.